The summed E-state index contributed by atoms with van der Waals surface area (Å²) in [4.78, 5) is 0. The first-order valence-electron chi connectivity index (χ1n) is 7.50. The van der Waals surface area contributed by atoms with Crippen molar-refractivity contribution in [1.82, 2.24) is 5.32 Å². The molecule has 3 nitrogen and oxygen atoms in total. The van der Waals surface area contributed by atoms with E-state index in [1.807, 2.05) is 12.1 Å². The fourth-order valence-corrected chi connectivity index (χ4v) is 2.82. The van der Waals surface area contributed by atoms with Crippen LogP contribution in [0.4, 0.5) is 0 Å². The second-order valence-corrected chi connectivity index (χ2v) is 6.15. The van der Waals surface area contributed by atoms with Crippen LogP contribution >= 0.6 is 28.3 Å². The highest BCUT2D eigenvalue weighted by Crippen LogP contribution is 2.36. The van der Waals surface area contributed by atoms with E-state index in [1.165, 1.54) is 11.1 Å². The Morgan fingerprint density at radius 3 is 2.42 bits per heavy atom. The molecule has 2 aromatic carbocycles. The third kappa shape index (κ3) is 5.86. The molecule has 0 bridgehead atoms. The van der Waals surface area contributed by atoms with Crippen LogP contribution in [0.3, 0.4) is 0 Å². The highest BCUT2D eigenvalue weighted by molar-refractivity contribution is 9.10. The lowest BCUT2D eigenvalue weighted by Gasteiger charge is -2.14. The van der Waals surface area contributed by atoms with E-state index in [0.717, 1.165) is 23.1 Å². The Hall–Kier alpha value is -1.49. The van der Waals surface area contributed by atoms with E-state index in [4.69, 9.17) is 9.47 Å². The molecule has 0 fully saturated rings. The smallest absolute Gasteiger partial charge is 0.175 e. The van der Waals surface area contributed by atoms with Crippen molar-refractivity contribution in [2.75, 3.05) is 13.7 Å². The van der Waals surface area contributed by atoms with Gasteiger partial charge in [-0.05, 0) is 46.1 Å². The summed E-state index contributed by atoms with van der Waals surface area (Å²) in [6, 6.07) is 12.6. The Labute approximate surface area is 158 Å². The van der Waals surface area contributed by atoms with Gasteiger partial charge in [-0.1, -0.05) is 42.5 Å². The summed E-state index contributed by atoms with van der Waals surface area (Å²) in [5.41, 5.74) is 3.68. The van der Waals surface area contributed by atoms with Crippen LogP contribution in [-0.4, -0.2) is 13.7 Å². The topological polar surface area (TPSA) is 30.5 Å². The van der Waals surface area contributed by atoms with Crippen molar-refractivity contribution in [2.45, 2.75) is 20.0 Å². The number of rotatable bonds is 8. The van der Waals surface area contributed by atoms with Gasteiger partial charge >= 0.3 is 0 Å². The summed E-state index contributed by atoms with van der Waals surface area (Å²) in [6.07, 6.45) is 1.71. The fraction of sp³-hybridized carbons (Fsp3) is 0.263. The Kier molecular flexibility index (Phi) is 8.90. The standard InChI is InChI=1S/C19H22BrNO2.ClH/c1-4-9-23-19-17(20)10-16(11-18(19)22-3)13-21-12-15-7-5-14(2)6-8-15;/h4-8,10-11,21H,1,9,12-13H2,2-3H3;1H. The number of methoxy groups -OCH3 is 1. The molecule has 0 spiro atoms. The van der Waals surface area contributed by atoms with Crippen molar-refractivity contribution in [3.8, 4) is 11.5 Å². The Bertz CT molecular complexity index is 659. The Balaban J connectivity index is 0.00000288. The van der Waals surface area contributed by atoms with Crippen LogP contribution in [0, 0.1) is 6.92 Å². The van der Waals surface area contributed by atoms with Crippen molar-refractivity contribution in [1.29, 1.82) is 0 Å². The molecule has 0 amide bonds. The molecule has 0 atom stereocenters. The molecule has 1 N–H and O–H groups in total. The molecule has 130 valence electrons. The molecule has 5 heteroatoms. The van der Waals surface area contributed by atoms with E-state index < -0.39 is 0 Å². The summed E-state index contributed by atoms with van der Waals surface area (Å²) in [5, 5.41) is 3.45. The van der Waals surface area contributed by atoms with Gasteiger partial charge in [0.2, 0.25) is 0 Å². The van der Waals surface area contributed by atoms with Gasteiger partial charge in [-0.15, -0.1) is 12.4 Å². The normalized spacial score (nSPS) is 9.96. The largest absolute Gasteiger partial charge is 0.493 e. The third-order valence-electron chi connectivity index (χ3n) is 3.41. The van der Waals surface area contributed by atoms with Gasteiger partial charge in [-0.2, -0.15) is 0 Å². The zero-order valence-corrected chi connectivity index (χ0v) is 16.4. The van der Waals surface area contributed by atoms with E-state index in [-0.39, 0.29) is 12.4 Å². The molecule has 0 aliphatic carbocycles. The molecule has 0 aliphatic rings. The molecule has 0 unspecified atom stereocenters. The van der Waals surface area contributed by atoms with E-state index in [2.05, 4.69) is 59.0 Å². The zero-order valence-electron chi connectivity index (χ0n) is 14.0. The number of ether oxygens (including phenoxy) is 2. The van der Waals surface area contributed by atoms with Gasteiger partial charge in [0.1, 0.15) is 6.61 Å². The number of hydrogen-bond acceptors (Lipinski definition) is 3. The van der Waals surface area contributed by atoms with Gasteiger partial charge < -0.3 is 14.8 Å². The van der Waals surface area contributed by atoms with Crippen molar-refractivity contribution >= 4 is 28.3 Å². The molecular weight excluding hydrogens is 390 g/mol. The minimum Gasteiger partial charge on any atom is -0.493 e. The summed E-state index contributed by atoms with van der Waals surface area (Å²) in [6.45, 7) is 7.78. The average Bonchev–Trinajstić information content (AvgIpc) is 2.55. The zero-order chi connectivity index (χ0) is 16.7. The highest BCUT2D eigenvalue weighted by Gasteiger charge is 2.11. The minimum atomic E-state index is 0. The van der Waals surface area contributed by atoms with Gasteiger partial charge in [0, 0.05) is 13.1 Å². The van der Waals surface area contributed by atoms with Gasteiger partial charge in [0.15, 0.2) is 11.5 Å². The van der Waals surface area contributed by atoms with Crippen LogP contribution in [0.15, 0.2) is 53.5 Å². The highest BCUT2D eigenvalue weighted by atomic mass is 79.9. The number of benzene rings is 2. The van der Waals surface area contributed by atoms with Crippen molar-refractivity contribution < 1.29 is 9.47 Å². The molecule has 2 aromatic rings. The lowest BCUT2D eigenvalue weighted by Crippen LogP contribution is -2.13. The van der Waals surface area contributed by atoms with Gasteiger partial charge in [0.05, 0.1) is 11.6 Å². The lowest BCUT2D eigenvalue weighted by molar-refractivity contribution is 0.324. The molecule has 0 aliphatic heterocycles. The minimum absolute atomic E-state index is 0. The first-order valence-corrected chi connectivity index (χ1v) is 8.29. The Morgan fingerprint density at radius 2 is 1.79 bits per heavy atom. The van der Waals surface area contributed by atoms with Crippen LogP contribution in [-0.2, 0) is 13.1 Å². The maximum absolute atomic E-state index is 5.64. The van der Waals surface area contributed by atoms with Crippen molar-refractivity contribution in [2.24, 2.45) is 0 Å². The maximum atomic E-state index is 5.64. The first kappa shape index (κ1) is 20.6. The van der Waals surface area contributed by atoms with E-state index in [9.17, 15) is 0 Å². The fourth-order valence-electron chi connectivity index (χ4n) is 2.21. The van der Waals surface area contributed by atoms with Gasteiger partial charge in [-0.25, -0.2) is 0 Å². The maximum Gasteiger partial charge on any atom is 0.175 e. The molecule has 24 heavy (non-hydrogen) atoms. The van der Waals surface area contributed by atoms with Gasteiger partial charge in [-0.3, -0.25) is 0 Å². The number of hydrogen-bond donors (Lipinski definition) is 1. The number of aryl methyl sites for hydroxylation is 1. The molecule has 0 saturated heterocycles. The van der Waals surface area contributed by atoms with Crippen LogP contribution in [0.2, 0.25) is 0 Å². The predicted molar refractivity (Wildman–Crippen MR) is 105 cm³/mol. The molecule has 0 saturated carbocycles. The molecule has 0 radical (unpaired) electrons. The second kappa shape index (κ2) is 10.4. The summed E-state index contributed by atoms with van der Waals surface area (Å²) >= 11 is 3.55. The van der Waals surface area contributed by atoms with E-state index in [1.54, 1.807) is 13.2 Å². The summed E-state index contributed by atoms with van der Waals surface area (Å²) < 4.78 is 11.9. The van der Waals surface area contributed by atoms with E-state index >= 15 is 0 Å². The van der Waals surface area contributed by atoms with Crippen molar-refractivity contribution in [3.05, 3.63) is 70.2 Å². The van der Waals surface area contributed by atoms with Crippen LogP contribution in [0.1, 0.15) is 16.7 Å². The quantitative estimate of drug-likeness (QED) is 0.616. The van der Waals surface area contributed by atoms with E-state index in [0.29, 0.717) is 18.1 Å². The SMILES string of the molecule is C=CCOc1c(Br)cc(CNCc2ccc(C)cc2)cc1OC.Cl. The number of halogens is 2. The average molecular weight is 413 g/mol. The lowest BCUT2D eigenvalue weighted by atomic mass is 10.1. The van der Waals surface area contributed by atoms with Crippen LogP contribution in [0.5, 0.6) is 11.5 Å². The number of nitrogens with one attached hydrogen (secondary N) is 1. The molecule has 0 aromatic heterocycles. The Morgan fingerprint density at radius 1 is 1.12 bits per heavy atom. The first-order chi connectivity index (χ1) is 11.1. The molecular formula is C19H23BrClNO2. The summed E-state index contributed by atoms with van der Waals surface area (Å²) in [5.74, 6) is 1.42. The molecule has 0 heterocycles. The van der Waals surface area contributed by atoms with Crippen molar-refractivity contribution in [3.63, 3.8) is 0 Å². The summed E-state index contributed by atoms with van der Waals surface area (Å²) in [7, 11) is 1.64. The molecule has 2 rings (SSSR count). The predicted octanol–water partition coefficient (Wildman–Crippen LogP) is 5.04. The monoisotopic (exact) mass is 411 g/mol. The third-order valence-corrected chi connectivity index (χ3v) is 4.00. The van der Waals surface area contributed by atoms with Gasteiger partial charge in [0.25, 0.3) is 0 Å². The van der Waals surface area contributed by atoms with Crippen LogP contribution < -0.4 is 14.8 Å². The second-order valence-electron chi connectivity index (χ2n) is 5.30. The van der Waals surface area contributed by atoms with Crippen LogP contribution in [0.25, 0.3) is 0 Å².